The Kier molecular flexibility index (Phi) is 10.3. The number of likely N-dealkylation sites (N-methyl/N-ethyl adjacent to an activating group) is 1. The molecule has 0 radical (unpaired) electrons. The molecule has 2 aromatic rings. The average Bonchev–Trinajstić information content (AvgIpc) is 3.43. The Morgan fingerprint density at radius 1 is 1.40 bits per heavy atom. The summed E-state index contributed by atoms with van der Waals surface area (Å²) in [6.45, 7) is 8.65. The summed E-state index contributed by atoms with van der Waals surface area (Å²) in [5, 5.41) is 11.3. The van der Waals surface area contributed by atoms with Crippen molar-refractivity contribution in [2.75, 3.05) is 44.7 Å². The van der Waals surface area contributed by atoms with Crippen LogP contribution < -0.4 is 15.5 Å². The van der Waals surface area contributed by atoms with E-state index in [2.05, 4.69) is 56.2 Å². The molecule has 0 saturated carbocycles. The first kappa shape index (κ1) is 24.8. The minimum absolute atomic E-state index is 0. The number of nitrogens with one attached hydrogen (secondary N) is 2. The van der Waals surface area contributed by atoms with Crippen molar-refractivity contribution in [3.8, 4) is 0 Å². The Balaban J connectivity index is 0.00000320. The molecule has 0 spiro atoms. The molecule has 0 aliphatic carbocycles. The van der Waals surface area contributed by atoms with Gasteiger partial charge in [0, 0.05) is 38.9 Å². The van der Waals surface area contributed by atoms with Crippen LogP contribution in [0, 0.1) is 5.82 Å². The normalized spacial score (nSPS) is 17.7. The highest BCUT2D eigenvalue weighted by molar-refractivity contribution is 14.0. The largest absolute Gasteiger partial charge is 0.354 e. The van der Waals surface area contributed by atoms with Crippen LogP contribution in [0.5, 0.6) is 0 Å². The molecule has 2 aromatic heterocycles. The number of aliphatic imine (C=N–C) groups is 1. The number of hydrogen-bond donors (Lipinski definition) is 2. The van der Waals surface area contributed by atoms with Gasteiger partial charge in [0.15, 0.2) is 17.6 Å². The monoisotopic (exact) mass is 546 g/mol. The fourth-order valence-electron chi connectivity index (χ4n) is 3.85. The average molecular weight is 546 g/mol. The Bertz CT molecular complexity index is 784. The van der Waals surface area contributed by atoms with E-state index in [1.165, 1.54) is 11.6 Å². The molecule has 2 N–H and O–H groups in total. The van der Waals surface area contributed by atoms with Crippen LogP contribution in [-0.4, -0.2) is 61.7 Å². The lowest BCUT2D eigenvalue weighted by molar-refractivity contribution is 0.219. The predicted octanol–water partition coefficient (Wildman–Crippen LogP) is 3.73. The number of rotatable bonds is 8. The van der Waals surface area contributed by atoms with Gasteiger partial charge in [-0.3, -0.25) is 9.89 Å². The van der Waals surface area contributed by atoms with Crippen LogP contribution in [-0.2, 0) is 0 Å². The highest BCUT2D eigenvalue weighted by atomic mass is 127. The van der Waals surface area contributed by atoms with Crippen LogP contribution in [0.2, 0.25) is 0 Å². The lowest BCUT2D eigenvalue weighted by Crippen LogP contribution is -2.47. The highest BCUT2D eigenvalue weighted by Gasteiger charge is 2.26. The SMILES string of the molecule is CCN(CC)C(CNC(=NC)NC1CCN(c2ncccc2F)C1)c1ccsc1.I. The molecule has 1 aliphatic rings. The van der Waals surface area contributed by atoms with Crippen LogP contribution in [0.1, 0.15) is 31.9 Å². The maximum absolute atomic E-state index is 14.0. The lowest BCUT2D eigenvalue weighted by atomic mass is 10.1. The van der Waals surface area contributed by atoms with Crippen molar-refractivity contribution in [2.24, 2.45) is 4.99 Å². The first-order valence-electron chi connectivity index (χ1n) is 10.2. The fraction of sp³-hybridized carbons (Fsp3) is 0.524. The third-order valence-corrected chi connectivity index (χ3v) is 6.14. The van der Waals surface area contributed by atoms with Gasteiger partial charge in [0.25, 0.3) is 0 Å². The zero-order valence-corrected chi connectivity index (χ0v) is 21.0. The van der Waals surface area contributed by atoms with Gasteiger partial charge in [0.1, 0.15) is 0 Å². The topological polar surface area (TPSA) is 55.8 Å². The number of anilines is 1. The van der Waals surface area contributed by atoms with Crippen LogP contribution in [0.3, 0.4) is 0 Å². The van der Waals surface area contributed by atoms with Crippen LogP contribution in [0.25, 0.3) is 0 Å². The molecule has 2 atom stereocenters. The summed E-state index contributed by atoms with van der Waals surface area (Å²) < 4.78 is 14.0. The first-order chi connectivity index (χ1) is 14.2. The molecule has 0 aromatic carbocycles. The minimum atomic E-state index is -0.270. The van der Waals surface area contributed by atoms with Crippen molar-refractivity contribution < 1.29 is 4.39 Å². The second-order valence-electron chi connectivity index (χ2n) is 7.13. The Morgan fingerprint density at radius 2 is 2.20 bits per heavy atom. The van der Waals surface area contributed by atoms with Gasteiger partial charge in [-0.05, 0) is 54.0 Å². The molecule has 1 fully saturated rings. The van der Waals surface area contributed by atoms with Gasteiger partial charge in [0.2, 0.25) is 0 Å². The molecule has 3 rings (SSSR count). The molecule has 9 heteroatoms. The van der Waals surface area contributed by atoms with Crippen LogP contribution in [0.15, 0.2) is 40.1 Å². The number of guanidine groups is 1. The van der Waals surface area contributed by atoms with E-state index in [0.29, 0.717) is 18.4 Å². The van der Waals surface area contributed by atoms with E-state index in [1.54, 1.807) is 30.6 Å². The predicted molar refractivity (Wildman–Crippen MR) is 135 cm³/mol. The molecule has 2 unspecified atom stereocenters. The zero-order valence-electron chi connectivity index (χ0n) is 17.8. The molecule has 0 amide bonds. The van der Waals surface area contributed by atoms with Crippen molar-refractivity contribution in [3.05, 3.63) is 46.5 Å². The molecule has 1 aliphatic heterocycles. The maximum Gasteiger partial charge on any atom is 0.191 e. The molecule has 0 bridgehead atoms. The summed E-state index contributed by atoms with van der Waals surface area (Å²) in [5.74, 6) is 0.943. The number of nitrogens with zero attached hydrogens (tertiary/aromatic N) is 4. The van der Waals surface area contributed by atoms with Gasteiger partial charge in [-0.1, -0.05) is 13.8 Å². The highest BCUT2D eigenvalue weighted by Crippen LogP contribution is 2.23. The zero-order chi connectivity index (χ0) is 20.6. The molecular weight excluding hydrogens is 514 g/mol. The molecule has 166 valence electrons. The summed E-state index contributed by atoms with van der Waals surface area (Å²) in [4.78, 5) is 13.0. The van der Waals surface area contributed by atoms with Gasteiger partial charge in [-0.2, -0.15) is 11.3 Å². The standard InChI is InChI=1S/C21H31FN6S.HI/c1-4-27(5-2)19(16-9-12-29-15-16)13-25-21(23-3)26-17-8-11-28(14-17)20-18(22)7-6-10-24-20;/h6-7,9-10,12,15,17,19H,4-5,8,11,13-14H2,1-3H3,(H2,23,25,26);1H. The van der Waals surface area contributed by atoms with Gasteiger partial charge in [-0.25, -0.2) is 9.37 Å². The number of halogens is 2. The number of hydrogen-bond acceptors (Lipinski definition) is 5. The summed E-state index contributed by atoms with van der Waals surface area (Å²) in [5.41, 5.74) is 1.33. The van der Waals surface area contributed by atoms with Crippen LogP contribution >= 0.6 is 35.3 Å². The Labute approximate surface area is 200 Å². The van der Waals surface area contributed by atoms with E-state index in [4.69, 9.17) is 0 Å². The number of thiophene rings is 1. The second-order valence-corrected chi connectivity index (χ2v) is 7.91. The molecular formula is C21H32FIN6S. The smallest absolute Gasteiger partial charge is 0.191 e. The van der Waals surface area contributed by atoms with Crippen LogP contribution in [0.4, 0.5) is 10.2 Å². The van der Waals surface area contributed by atoms with Crippen molar-refractivity contribution in [1.82, 2.24) is 20.5 Å². The number of pyridine rings is 1. The van der Waals surface area contributed by atoms with E-state index in [0.717, 1.165) is 38.6 Å². The van der Waals surface area contributed by atoms with E-state index in [-0.39, 0.29) is 35.8 Å². The van der Waals surface area contributed by atoms with Crippen molar-refractivity contribution >= 4 is 47.1 Å². The molecule has 6 nitrogen and oxygen atoms in total. The quantitative estimate of drug-likeness (QED) is 0.301. The second kappa shape index (κ2) is 12.4. The Hall–Kier alpha value is -1.46. The fourth-order valence-corrected chi connectivity index (χ4v) is 4.56. The number of aromatic nitrogens is 1. The van der Waals surface area contributed by atoms with E-state index in [9.17, 15) is 4.39 Å². The van der Waals surface area contributed by atoms with Gasteiger partial charge >= 0.3 is 0 Å². The van der Waals surface area contributed by atoms with Crippen molar-refractivity contribution in [2.45, 2.75) is 32.4 Å². The first-order valence-corrected chi connectivity index (χ1v) is 11.2. The molecule has 30 heavy (non-hydrogen) atoms. The minimum Gasteiger partial charge on any atom is -0.354 e. The third-order valence-electron chi connectivity index (χ3n) is 5.44. The summed E-state index contributed by atoms with van der Waals surface area (Å²) >= 11 is 1.73. The van der Waals surface area contributed by atoms with E-state index >= 15 is 0 Å². The van der Waals surface area contributed by atoms with Gasteiger partial charge < -0.3 is 15.5 Å². The Morgan fingerprint density at radius 3 is 2.83 bits per heavy atom. The summed E-state index contributed by atoms with van der Waals surface area (Å²) in [6, 6.07) is 5.78. The maximum atomic E-state index is 14.0. The molecule has 3 heterocycles. The van der Waals surface area contributed by atoms with E-state index < -0.39 is 0 Å². The summed E-state index contributed by atoms with van der Waals surface area (Å²) in [6.07, 6.45) is 2.55. The van der Waals surface area contributed by atoms with E-state index in [1.807, 2.05) is 4.90 Å². The molecule has 1 saturated heterocycles. The van der Waals surface area contributed by atoms with Crippen molar-refractivity contribution in [1.29, 1.82) is 0 Å². The van der Waals surface area contributed by atoms with Gasteiger partial charge in [0.05, 0.1) is 6.04 Å². The lowest BCUT2D eigenvalue weighted by Gasteiger charge is -2.30. The van der Waals surface area contributed by atoms with Gasteiger partial charge in [-0.15, -0.1) is 24.0 Å². The third kappa shape index (κ3) is 6.27. The summed E-state index contributed by atoms with van der Waals surface area (Å²) in [7, 11) is 1.79. The van der Waals surface area contributed by atoms with Crippen molar-refractivity contribution in [3.63, 3.8) is 0 Å².